The molecule has 0 radical (unpaired) electrons. The predicted molar refractivity (Wildman–Crippen MR) is 83.9 cm³/mol. The van der Waals surface area contributed by atoms with Crippen LogP contribution in [0.15, 0.2) is 29.8 Å². The number of hydrogen-bond donors (Lipinski definition) is 2. The van der Waals surface area contributed by atoms with E-state index in [-0.39, 0.29) is 11.9 Å². The van der Waals surface area contributed by atoms with Crippen molar-refractivity contribution >= 4 is 28.9 Å². The maximum atomic E-state index is 12.3. The van der Waals surface area contributed by atoms with Gasteiger partial charge in [-0.25, -0.2) is 0 Å². The van der Waals surface area contributed by atoms with Gasteiger partial charge in [0.05, 0.1) is 16.8 Å². The van der Waals surface area contributed by atoms with Crippen molar-refractivity contribution in [1.82, 2.24) is 4.90 Å². The number of halogens is 1. The summed E-state index contributed by atoms with van der Waals surface area (Å²) in [4.78, 5) is 14.4. The highest BCUT2D eigenvalue weighted by Crippen LogP contribution is 2.24. The molecule has 0 fully saturated rings. The number of rotatable bonds is 3. The van der Waals surface area contributed by atoms with Gasteiger partial charge in [-0.3, -0.25) is 9.69 Å². The molecule has 4 nitrogen and oxygen atoms in total. The molecular formula is C15H20ClN3O. The van der Waals surface area contributed by atoms with Crippen LogP contribution in [0.2, 0.25) is 5.02 Å². The fourth-order valence-corrected chi connectivity index (χ4v) is 2.41. The van der Waals surface area contributed by atoms with Gasteiger partial charge in [0.15, 0.2) is 0 Å². The Labute approximate surface area is 124 Å². The summed E-state index contributed by atoms with van der Waals surface area (Å²) in [6.07, 6.45) is 3.18. The van der Waals surface area contributed by atoms with Crippen molar-refractivity contribution < 1.29 is 4.79 Å². The number of carbonyl (C=O) groups is 1. The Morgan fingerprint density at radius 3 is 2.85 bits per heavy atom. The van der Waals surface area contributed by atoms with Gasteiger partial charge >= 0.3 is 0 Å². The molecule has 0 aromatic heterocycles. The second-order valence-electron chi connectivity index (χ2n) is 5.20. The maximum Gasteiger partial charge on any atom is 0.241 e. The lowest BCUT2D eigenvalue weighted by atomic mass is 10.1. The number of nitrogens with zero attached hydrogens (tertiary/aromatic N) is 1. The highest BCUT2D eigenvalue weighted by molar-refractivity contribution is 6.34. The van der Waals surface area contributed by atoms with E-state index in [1.807, 2.05) is 6.92 Å². The molecule has 108 valence electrons. The third kappa shape index (κ3) is 3.52. The number of benzene rings is 1. The monoisotopic (exact) mass is 293 g/mol. The fraction of sp³-hybridized carbons (Fsp3) is 0.400. The standard InChI is InChI=1S/C15H20ClN3O/c1-10-5-7-19(8-6-10)11(2)15(20)18-14-4-3-12(17)9-13(14)16/h3-5,9,11H,6-8,17H2,1-2H3,(H,18,20). The van der Waals surface area contributed by atoms with Crippen LogP contribution >= 0.6 is 11.6 Å². The first-order valence-corrected chi connectivity index (χ1v) is 7.10. The highest BCUT2D eigenvalue weighted by Gasteiger charge is 2.22. The minimum atomic E-state index is -0.187. The van der Waals surface area contributed by atoms with Crippen LogP contribution in [-0.2, 0) is 4.79 Å². The van der Waals surface area contributed by atoms with Gasteiger partial charge in [0, 0.05) is 18.8 Å². The maximum absolute atomic E-state index is 12.3. The average molecular weight is 294 g/mol. The third-order valence-electron chi connectivity index (χ3n) is 3.65. The lowest BCUT2D eigenvalue weighted by Gasteiger charge is -2.30. The summed E-state index contributed by atoms with van der Waals surface area (Å²) in [7, 11) is 0. The van der Waals surface area contributed by atoms with Crippen LogP contribution in [0.3, 0.4) is 0 Å². The van der Waals surface area contributed by atoms with Gasteiger partial charge < -0.3 is 11.1 Å². The summed E-state index contributed by atoms with van der Waals surface area (Å²) in [6, 6.07) is 4.89. The highest BCUT2D eigenvalue weighted by atomic mass is 35.5. The molecule has 20 heavy (non-hydrogen) atoms. The predicted octanol–water partition coefficient (Wildman–Crippen LogP) is 2.90. The molecule has 0 bridgehead atoms. The van der Waals surface area contributed by atoms with Crippen LogP contribution in [-0.4, -0.2) is 29.9 Å². The summed E-state index contributed by atoms with van der Waals surface area (Å²) >= 11 is 6.07. The van der Waals surface area contributed by atoms with Gasteiger partial charge in [-0.1, -0.05) is 23.3 Å². The molecule has 1 atom stereocenters. The molecule has 1 aromatic carbocycles. The van der Waals surface area contributed by atoms with Crippen LogP contribution in [0.4, 0.5) is 11.4 Å². The molecule has 1 unspecified atom stereocenters. The smallest absolute Gasteiger partial charge is 0.241 e. The molecule has 1 heterocycles. The number of hydrogen-bond acceptors (Lipinski definition) is 3. The number of carbonyl (C=O) groups excluding carboxylic acids is 1. The van der Waals surface area contributed by atoms with E-state index in [0.717, 1.165) is 19.5 Å². The number of nitrogens with one attached hydrogen (secondary N) is 1. The Kier molecular flexibility index (Phi) is 4.68. The largest absolute Gasteiger partial charge is 0.399 e. The van der Waals surface area contributed by atoms with Gasteiger partial charge in [0.1, 0.15) is 0 Å². The lowest BCUT2D eigenvalue weighted by Crippen LogP contribution is -2.44. The molecular weight excluding hydrogens is 274 g/mol. The fourth-order valence-electron chi connectivity index (χ4n) is 2.17. The third-order valence-corrected chi connectivity index (χ3v) is 3.96. The Morgan fingerprint density at radius 1 is 1.50 bits per heavy atom. The quantitative estimate of drug-likeness (QED) is 0.665. The van der Waals surface area contributed by atoms with Crippen molar-refractivity contribution in [1.29, 1.82) is 0 Å². The zero-order valence-corrected chi connectivity index (χ0v) is 12.6. The molecule has 0 saturated carbocycles. The summed E-state index contributed by atoms with van der Waals surface area (Å²) in [5, 5.41) is 3.32. The van der Waals surface area contributed by atoms with Crippen molar-refractivity contribution in [2.45, 2.75) is 26.3 Å². The van der Waals surface area contributed by atoms with Crippen LogP contribution in [0.1, 0.15) is 20.3 Å². The Morgan fingerprint density at radius 2 is 2.25 bits per heavy atom. The van der Waals surface area contributed by atoms with Crippen LogP contribution in [0.5, 0.6) is 0 Å². The van der Waals surface area contributed by atoms with E-state index in [1.54, 1.807) is 18.2 Å². The molecule has 1 amide bonds. The Balaban J connectivity index is 2.01. The second-order valence-corrected chi connectivity index (χ2v) is 5.61. The molecule has 5 heteroatoms. The van der Waals surface area contributed by atoms with E-state index in [9.17, 15) is 4.79 Å². The van der Waals surface area contributed by atoms with Gasteiger partial charge in [-0.05, 0) is 38.5 Å². The van der Waals surface area contributed by atoms with Crippen molar-refractivity contribution in [3.05, 3.63) is 34.9 Å². The van der Waals surface area contributed by atoms with Gasteiger partial charge in [0.2, 0.25) is 5.91 Å². The molecule has 0 saturated heterocycles. The van der Waals surface area contributed by atoms with E-state index in [4.69, 9.17) is 17.3 Å². The van der Waals surface area contributed by atoms with Gasteiger partial charge in [-0.2, -0.15) is 0 Å². The summed E-state index contributed by atoms with van der Waals surface area (Å²) in [6.45, 7) is 5.76. The Hall–Kier alpha value is -1.52. The van der Waals surface area contributed by atoms with E-state index in [2.05, 4.69) is 23.2 Å². The van der Waals surface area contributed by atoms with Crippen molar-refractivity contribution in [2.75, 3.05) is 24.1 Å². The molecule has 2 rings (SSSR count). The number of nitrogen functional groups attached to an aromatic ring is 1. The second kappa shape index (κ2) is 6.29. The van der Waals surface area contributed by atoms with Crippen molar-refractivity contribution in [3.8, 4) is 0 Å². The average Bonchev–Trinajstić information content (AvgIpc) is 2.42. The first-order valence-electron chi connectivity index (χ1n) is 6.73. The number of amides is 1. The van der Waals surface area contributed by atoms with Crippen LogP contribution < -0.4 is 11.1 Å². The molecule has 0 spiro atoms. The molecule has 1 aliphatic heterocycles. The van der Waals surface area contributed by atoms with Crippen LogP contribution in [0, 0.1) is 0 Å². The molecule has 1 aliphatic rings. The lowest BCUT2D eigenvalue weighted by molar-refractivity contribution is -0.120. The van der Waals surface area contributed by atoms with E-state index < -0.39 is 0 Å². The molecule has 0 aliphatic carbocycles. The minimum absolute atomic E-state index is 0.0513. The molecule has 3 N–H and O–H groups in total. The number of nitrogens with two attached hydrogens (primary N) is 1. The van der Waals surface area contributed by atoms with E-state index >= 15 is 0 Å². The summed E-state index contributed by atoms with van der Waals surface area (Å²) in [5.74, 6) is -0.0513. The first kappa shape index (κ1) is 14.9. The minimum Gasteiger partial charge on any atom is -0.399 e. The first-order chi connectivity index (χ1) is 9.47. The van der Waals surface area contributed by atoms with E-state index in [0.29, 0.717) is 16.4 Å². The molecule has 1 aromatic rings. The summed E-state index contributed by atoms with van der Waals surface area (Å²) in [5.41, 5.74) is 8.20. The SMILES string of the molecule is CC1=CCN(C(C)C(=O)Nc2ccc(N)cc2Cl)CC1. The zero-order valence-electron chi connectivity index (χ0n) is 11.8. The Bertz CT molecular complexity index is 542. The van der Waals surface area contributed by atoms with E-state index in [1.165, 1.54) is 5.57 Å². The topological polar surface area (TPSA) is 58.4 Å². The van der Waals surface area contributed by atoms with Crippen LogP contribution in [0.25, 0.3) is 0 Å². The summed E-state index contributed by atoms with van der Waals surface area (Å²) < 4.78 is 0. The van der Waals surface area contributed by atoms with Crippen molar-refractivity contribution in [2.24, 2.45) is 0 Å². The van der Waals surface area contributed by atoms with Gasteiger partial charge in [-0.15, -0.1) is 0 Å². The number of anilines is 2. The van der Waals surface area contributed by atoms with Crippen molar-refractivity contribution in [3.63, 3.8) is 0 Å². The normalized spacial score (nSPS) is 17.4. The zero-order chi connectivity index (χ0) is 14.7. The van der Waals surface area contributed by atoms with Gasteiger partial charge in [0.25, 0.3) is 0 Å².